The number of benzene rings is 1. The minimum absolute atomic E-state index is 0.00878. The number of amides is 1. The van der Waals surface area contributed by atoms with Gasteiger partial charge in [0.25, 0.3) is 0 Å². The number of rotatable bonds is 10. The minimum atomic E-state index is -0.264. The first kappa shape index (κ1) is 22.6. The summed E-state index contributed by atoms with van der Waals surface area (Å²) in [6.07, 6.45) is 4.42. The highest BCUT2D eigenvalue weighted by molar-refractivity contribution is 8.00. The van der Waals surface area contributed by atoms with Gasteiger partial charge in [-0.1, -0.05) is 29.5 Å². The molecule has 30 heavy (non-hydrogen) atoms. The molecular weight excluding hydrogens is 398 g/mol. The van der Waals surface area contributed by atoms with Crippen LogP contribution >= 0.6 is 11.8 Å². The molecule has 1 saturated heterocycles. The van der Waals surface area contributed by atoms with Crippen LogP contribution < -0.4 is 10.2 Å². The van der Waals surface area contributed by atoms with Crippen LogP contribution in [-0.4, -0.2) is 58.8 Å². The number of anilines is 1. The number of nitrogens with one attached hydrogen (secondary N) is 1. The van der Waals surface area contributed by atoms with Crippen molar-refractivity contribution in [1.82, 2.24) is 20.1 Å². The van der Waals surface area contributed by atoms with Crippen LogP contribution in [0.2, 0.25) is 0 Å². The molecule has 1 amide bonds. The average Bonchev–Trinajstić information content (AvgIpc) is 3.18. The van der Waals surface area contributed by atoms with Crippen LogP contribution in [0.4, 0.5) is 5.95 Å². The smallest absolute Gasteiger partial charge is 0.233 e. The van der Waals surface area contributed by atoms with Gasteiger partial charge in [0.1, 0.15) is 0 Å². The second kappa shape index (κ2) is 11.4. The number of hydrogen-bond donors (Lipinski definition) is 1. The number of carbonyl (C=O) groups excluding carboxylic acids is 1. The summed E-state index contributed by atoms with van der Waals surface area (Å²) in [7, 11) is 0. The van der Waals surface area contributed by atoms with Gasteiger partial charge in [0.15, 0.2) is 5.16 Å². The molecule has 1 aliphatic heterocycles. The van der Waals surface area contributed by atoms with Crippen LogP contribution in [-0.2, 0) is 9.53 Å². The van der Waals surface area contributed by atoms with Crippen LogP contribution in [0.15, 0.2) is 29.4 Å². The molecule has 2 heterocycles. The van der Waals surface area contributed by atoms with E-state index in [1.54, 1.807) is 0 Å². The van der Waals surface area contributed by atoms with Crippen molar-refractivity contribution in [2.45, 2.75) is 56.9 Å². The summed E-state index contributed by atoms with van der Waals surface area (Å²) in [6, 6.07) is 8.37. The van der Waals surface area contributed by atoms with Crippen LogP contribution in [0.25, 0.3) is 5.69 Å². The molecular formula is C22H33N5O2S. The van der Waals surface area contributed by atoms with Crippen molar-refractivity contribution in [2.75, 3.05) is 37.7 Å². The van der Waals surface area contributed by atoms with Crippen LogP contribution in [0, 0.1) is 6.92 Å². The highest BCUT2D eigenvalue weighted by Crippen LogP contribution is 2.30. The number of hydrogen-bond acceptors (Lipinski definition) is 6. The summed E-state index contributed by atoms with van der Waals surface area (Å²) in [5.41, 5.74) is 2.23. The largest absolute Gasteiger partial charge is 0.382 e. The van der Waals surface area contributed by atoms with Gasteiger partial charge in [-0.15, -0.1) is 10.2 Å². The Bertz CT molecular complexity index is 802. The van der Waals surface area contributed by atoms with E-state index in [9.17, 15) is 4.79 Å². The predicted octanol–water partition coefficient (Wildman–Crippen LogP) is 3.59. The number of carbonyl (C=O) groups is 1. The second-order valence-corrected chi connectivity index (χ2v) is 8.91. The van der Waals surface area contributed by atoms with Crippen molar-refractivity contribution in [3.8, 4) is 5.69 Å². The molecule has 1 unspecified atom stereocenters. The van der Waals surface area contributed by atoms with E-state index in [1.165, 1.54) is 36.6 Å². The third kappa shape index (κ3) is 5.98. The van der Waals surface area contributed by atoms with Gasteiger partial charge < -0.3 is 15.0 Å². The van der Waals surface area contributed by atoms with E-state index in [2.05, 4.69) is 56.2 Å². The standard InChI is InChI=1S/C22H33N5O2S/c1-4-29-16-8-13-23-20(28)18(3)30-22-25-24-21(26-14-6-5-7-15-26)27(22)19-11-9-17(2)10-12-19/h9-12,18H,4-8,13-16H2,1-3H3,(H,23,28). The first-order valence-electron chi connectivity index (χ1n) is 10.9. The molecule has 1 atom stereocenters. The Morgan fingerprint density at radius 3 is 2.63 bits per heavy atom. The molecule has 0 spiro atoms. The number of ether oxygens (including phenoxy) is 1. The first-order chi connectivity index (χ1) is 14.6. The summed E-state index contributed by atoms with van der Waals surface area (Å²) >= 11 is 1.45. The number of nitrogens with zero attached hydrogens (tertiary/aromatic N) is 4. The lowest BCUT2D eigenvalue weighted by molar-refractivity contribution is -0.120. The van der Waals surface area contributed by atoms with E-state index in [1.807, 2.05) is 13.8 Å². The summed E-state index contributed by atoms with van der Waals surface area (Å²) < 4.78 is 7.41. The highest BCUT2D eigenvalue weighted by Gasteiger charge is 2.24. The van der Waals surface area contributed by atoms with Crippen LogP contribution in [0.5, 0.6) is 0 Å². The number of thioether (sulfide) groups is 1. The summed E-state index contributed by atoms with van der Waals surface area (Å²) in [6.45, 7) is 9.93. The van der Waals surface area contributed by atoms with Gasteiger partial charge in [-0.2, -0.15) is 0 Å². The highest BCUT2D eigenvalue weighted by atomic mass is 32.2. The van der Waals surface area contributed by atoms with Crippen molar-refractivity contribution in [3.63, 3.8) is 0 Å². The Morgan fingerprint density at radius 1 is 1.20 bits per heavy atom. The van der Waals surface area contributed by atoms with Gasteiger partial charge in [0.05, 0.1) is 10.9 Å². The molecule has 8 heteroatoms. The Labute approximate surface area is 183 Å². The SMILES string of the molecule is CCOCCCNC(=O)C(C)Sc1nnc(N2CCCCC2)n1-c1ccc(C)cc1. The molecule has 1 aliphatic rings. The first-order valence-corrected chi connectivity index (χ1v) is 11.8. The zero-order valence-electron chi connectivity index (χ0n) is 18.3. The minimum Gasteiger partial charge on any atom is -0.382 e. The molecule has 3 rings (SSSR count). The Hall–Kier alpha value is -2.06. The van der Waals surface area contributed by atoms with Crippen molar-refractivity contribution in [1.29, 1.82) is 0 Å². The number of aromatic nitrogens is 3. The fourth-order valence-corrected chi connectivity index (χ4v) is 4.33. The van der Waals surface area contributed by atoms with Gasteiger partial charge in [-0.05, 0) is 58.6 Å². The van der Waals surface area contributed by atoms with Crippen molar-refractivity contribution >= 4 is 23.6 Å². The molecule has 7 nitrogen and oxygen atoms in total. The van der Waals surface area contributed by atoms with E-state index in [4.69, 9.17) is 4.74 Å². The molecule has 0 aliphatic carbocycles. The van der Waals surface area contributed by atoms with Crippen molar-refractivity contribution < 1.29 is 9.53 Å². The molecule has 164 valence electrons. The second-order valence-electron chi connectivity index (χ2n) is 7.60. The zero-order chi connectivity index (χ0) is 21.3. The molecule has 1 aromatic heterocycles. The molecule has 0 bridgehead atoms. The zero-order valence-corrected chi connectivity index (χ0v) is 19.1. The molecule has 0 radical (unpaired) electrons. The van der Waals surface area contributed by atoms with Gasteiger partial charge in [-0.25, -0.2) is 0 Å². The van der Waals surface area contributed by atoms with E-state index in [0.29, 0.717) is 19.8 Å². The fourth-order valence-electron chi connectivity index (χ4n) is 3.44. The predicted molar refractivity (Wildman–Crippen MR) is 122 cm³/mol. The Balaban J connectivity index is 1.74. The van der Waals surface area contributed by atoms with Gasteiger partial charge in [-0.3, -0.25) is 9.36 Å². The normalized spacial score (nSPS) is 15.2. The average molecular weight is 432 g/mol. The number of aryl methyl sites for hydroxylation is 1. The lowest BCUT2D eigenvalue weighted by atomic mass is 10.1. The Morgan fingerprint density at radius 2 is 1.93 bits per heavy atom. The van der Waals surface area contributed by atoms with E-state index < -0.39 is 0 Å². The maximum atomic E-state index is 12.5. The van der Waals surface area contributed by atoms with Crippen molar-refractivity contribution in [3.05, 3.63) is 29.8 Å². The maximum Gasteiger partial charge on any atom is 0.233 e. The quantitative estimate of drug-likeness (QED) is 0.458. The maximum absolute atomic E-state index is 12.5. The molecule has 2 aromatic rings. The number of piperidine rings is 1. The van der Waals surface area contributed by atoms with Gasteiger partial charge in [0, 0.05) is 32.8 Å². The molecule has 1 N–H and O–H groups in total. The lowest BCUT2D eigenvalue weighted by Crippen LogP contribution is -2.33. The van der Waals surface area contributed by atoms with Gasteiger partial charge >= 0.3 is 0 Å². The fraction of sp³-hybridized carbons (Fsp3) is 0.591. The Kier molecular flexibility index (Phi) is 8.57. The summed E-state index contributed by atoms with van der Waals surface area (Å²) in [5, 5.41) is 12.5. The third-order valence-corrected chi connectivity index (χ3v) is 6.21. The summed E-state index contributed by atoms with van der Waals surface area (Å²) in [5.74, 6) is 0.875. The summed E-state index contributed by atoms with van der Waals surface area (Å²) in [4.78, 5) is 14.8. The monoisotopic (exact) mass is 431 g/mol. The lowest BCUT2D eigenvalue weighted by Gasteiger charge is -2.28. The molecule has 0 saturated carbocycles. The van der Waals surface area contributed by atoms with Crippen LogP contribution in [0.3, 0.4) is 0 Å². The molecule has 1 aromatic carbocycles. The van der Waals surface area contributed by atoms with Crippen LogP contribution in [0.1, 0.15) is 45.1 Å². The topological polar surface area (TPSA) is 72.3 Å². The van der Waals surface area contributed by atoms with Crippen molar-refractivity contribution in [2.24, 2.45) is 0 Å². The molecule has 1 fully saturated rings. The van der Waals surface area contributed by atoms with Gasteiger partial charge in [0.2, 0.25) is 11.9 Å². The third-order valence-electron chi connectivity index (χ3n) is 5.17. The van der Waals surface area contributed by atoms with E-state index in [-0.39, 0.29) is 11.2 Å². The van der Waals surface area contributed by atoms with E-state index in [0.717, 1.165) is 36.3 Å². The van der Waals surface area contributed by atoms with E-state index >= 15 is 0 Å².